The Kier molecular flexibility index (Phi) is 11.5. The van der Waals surface area contributed by atoms with Crippen LogP contribution in [0.25, 0.3) is 33.1 Å². The number of aryl methyl sites for hydroxylation is 4. The van der Waals surface area contributed by atoms with E-state index in [1.54, 1.807) is 46.9 Å². The summed E-state index contributed by atoms with van der Waals surface area (Å²) in [5.74, 6) is -0.868. The molecular formula is C35H38BCl3F2N6O2. The number of benzene rings is 2. The lowest BCUT2D eigenvalue weighted by atomic mass is 9.82. The third kappa shape index (κ3) is 8.08. The average molecular weight is 730 g/mol. The van der Waals surface area contributed by atoms with Crippen molar-refractivity contribution < 1.29 is 18.1 Å². The van der Waals surface area contributed by atoms with Crippen molar-refractivity contribution in [3.63, 3.8) is 0 Å². The predicted octanol–water partition coefficient (Wildman–Crippen LogP) is 9.08. The van der Waals surface area contributed by atoms with Gasteiger partial charge in [-0.3, -0.25) is 9.36 Å². The number of aromatic nitrogens is 6. The summed E-state index contributed by atoms with van der Waals surface area (Å²) in [5.41, 5.74) is 5.17. The zero-order valence-electron chi connectivity index (χ0n) is 27.7. The zero-order chi connectivity index (χ0) is 35.1. The Morgan fingerprint density at radius 2 is 1.20 bits per heavy atom. The molecule has 49 heavy (non-hydrogen) atoms. The summed E-state index contributed by atoms with van der Waals surface area (Å²) in [5, 5.41) is 10.1. The quantitative estimate of drug-likeness (QED) is 0.131. The van der Waals surface area contributed by atoms with Crippen LogP contribution in [0.4, 0.5) is 8.78 Å². The van der Waals surface area contributed by atoms with Crippen molar-refractivity contribution in [2.24, 2.45) is 14.1 Å². The van der Waals surface area contributed by atoms with Crippen LogP contribution in [0.5, 0.6) is 0 Å². The van der Waals surface area contributed by atoms with Gasteiger partial charge in [0.05, 0.1) is 44.2 Å². The number of fused-ring (bicyclic) bond motifs is 2. The van der Waals surface area contributed by atoms with Crippen LogP contribution in [-0.2, 0) is 23.4 Å². The highest BCUT2D eigenvalue weighted by molar-refractivity contribution is 6.62. The molecule has 0 unspecified atom stereocenters. The first-order valence-corrected chi connectivity index (χ1v) is 16.1. The van der Waals surface area contributed by atoms with Crippen molar-refractivity contribution in [2.45, 2.75) is 60.2 Å². The number of hydrogen-bond donors (Lipinski definition) is 0. The molecule has 258 valence electrons. The van der Waals surface area contributed by atoms with Crippen LogP contribution >= 0.6 is 34.8 Å². The lowest BCUT2D eigenvalue weighted by molar-refractivity contribution is 0.00578. The highest BCUT2D eigenvalue weighted by Crippen LogP contribution is 2.36. The van der Waals surface area contributed by atoms with E-state index in [1.807, 2.05) is 67.2 Å². The minimum Gasteiger partial charge on any atom is -0.399 e. The summed E-state index contributed by atoms with van der Waals surface area (Å²) >= 11 is 17.6. The molecule has 6 aromatic rings. The maximum absolute atomic E-state index is 13.4. The van der Waals surface area contributed by atoms with Crippen molar-refractivity contribution in [1.29, 1.82) is 0 Å². The molecule has 0 radical (unpaired) electrons. The first-order valence-electron chi connectivity index (χ1n) is 15.0. The molecule has 0 bridgehead atoms. The standard InChI is InChI=1S/C14H11ClFN3.C10H17BN2O2.C10H6Cl2FN.CH4/c1-8-5-10-12(4-3-11(16)13(10)15)18-14(8)9-6-17-19(2)7-9;1-9(2)10(3,4)15-11(14-9)8-6-12-13(5)7-8;1-5-4-6-8(14-10(5)12)3-2-7(13)9(6)11;/h3-7H,1-2H3;6-7H,1-5H3;2-4H,1H3;1H4. The van der Waals surface area contributed by atoms with Gasteiger partial charge in [0.1, 0.15) is 16.8 Å². The van der Waals surface area contributed by atoms with E-state index in [4.69, 9.17) is 44.1 Å². The van der Waals surface area contributed by atoms with Crippen LogP contribution in [0, 0.1) is 25.5 Å². The minimum absolute atomic E-state index is 0. The molecule has 0 saturated carbocycles. The van der Waals surface area contributed by atoms with E-state index >= 15 is 0 Å². The van der Waals surface area contributed by atoms with Gasteiger partial charge < -0.3 is 9.31 Å². The van der Waals surface area contributed by atoms with Crippen LogP contribution < -0.4 is 5.46 Å². The molecule has 8 nitrogen and oxygen atoms in total. The number of hydrogen-bond acceptors (Lipinski definition) is 6. The van der Waals surface area contributed by atoms with Gasteiger partial charge in [-0.15, -0.1) is 0 Å². The molecule has 1 aliphatic heterocycles. The summed E-state index contributed by atoms with van der Waals surface area (Å²) in [6, 6.07) is 9.40. The van der Waals surface area contributed by atoms with Crippen molar-refractivity contribution >= 4 is 69.2 Å². The second-order valence-corrected chi connectivity index (χ2v) is 13.7. The lowest BCUT2D eigenvalue weighted by Gasteiger charge is -2.32. The minimum atomic E-state index is -0.442. The van der Waals surface area contributed by atoms with E-state index in [1.165, 1.54) is 12.1 Å². The molecule has 14 heteroatoms. The highest BCUT2D eigenvalue weighted by Gasteiger charge is 2.52. The van der Waals surface area contributed by atoms with Gasteiger partial charge in [0.2, 0.25) is 0 Å². The van der Waals surface area contributed by atoms with E-state index < -0.39 is 11.6 Å². The van der Waals surface area contributed by atoms with E-state index in [0.717, 1.165) is 27.8 Å². The monoisotopic (exact) mass is 728 g/mol. The van der Waals surface area contributed by atoms with Gasteiger partial charge in [0, 0.05) is 54.5 Å². The predicted molar refractivity (Wildman–Crippen MR) is 196 cm³/mol. The van der Waals surface area contributed by atoms with Crippen LogP contribution in [-0.4, -0.2) is 47.8 Å². The number of halogens is 5. The first kappa shape index (κ1) is 38.2. The van der Waals surface area contributed by atoms with Crippen LogP contribution in [0.3, 0.4) is 0 Å². The van der Waals surface area contributed by atoms with Crippen molar-refractivity contribution in [2.75, 3.05) is 0 Å². The Balaban J connectivity index is 0.000000166. The van der Waals surface area contributed by atoms with E-state index in [0.29, 0.717) is 27.0 Å². The highest BCUT2D eigenvalue weighted by atomic mass is 35.5. The molecule has 7 rings (SSSR count). The third-order valence-electron chi connectivity index (χ3n) is 8.32. The summed E-state index contributed by atoms with van der Waals surface area (Å²) in [7, 11) is 3.43. The fourth-order valence-electron chi connectivity index (χ4n) is 4.92. The van der Waals surface area contributed by atoms with Crippen LogP contribution in [0.15, 0.2) is 61.2 Å². The number of nitrogens with zero attached hydrogens (tertiary/aromatic N) is 6. The Labute approximate surface area is 300 Å². The third-order valence-corrected chi connectivity index (χ3v) is 9.47. The fourth-order valence-corrected chi connectivity index (χ4v) is 5.50. The van der Waals surface area contributed by atoms with Crippen LogP contribution in [0.1, 0.15) is 46.2 Å². The maximum atomic E-state index is 13.4. The molecule has 2 aromatic carbocycles. The van der Waals surface area contributed by atoms with E-state index in [-0.39, 0.29) is 35.8 Å². The SMILES string of the molecule is C.Cc1cc2c(Cl)c(F)ccc2nc1-c1cnn(C)c1.Cc1cc2c(Cl)c(F)ccc2nc1Cl.Cn1cc(B2OC(C)(C)C(C)(C)O2)cn1. The van der Waals surface area contributed by atoms with Gasteiger partial charge in [-0.05, 0) is 89.1 Å². The van der Waals surface area contributed by atoms with Crippen LogP contribution in [0.2, 0.25) is 15.2 Å². The van der Waals surface area contributed by atoms with Gasteiger partial charge in [-0.2, -0.15) is 10.2 Å². The molecule has 5 heterocycles. The largest absolute Gasteiger partial charge is 0.498 e. The summed E-state index contributed by atoms with van der Waals surface area (Å²) < 4.78 is 41.8. The van der Waals surface area contributed by atoms with E-state index in [2.05, 4.69) is 20.2 Å². The molecule has 0 spiro atoms. The van der Waals surface area contributed by atoms with Gasteiger partial charge >= 0.3 is 7.12 Å². The number of pyridine rings is 2. The molecule has 0 N–H and O–H groups in total. The van der Waals surface area contributed by atoms with Gasteiger partial charge in [-0.1, -0.05) is 42.2 Å². The Morgan fingerprint density at radius 1 is 0.714 bits per heavy atom. The molecule has 1 aliphatic rings. The molecule has 0 aliphatic carbocycles. The summed E-state index contributed by atoms with van der Waals surface area (Å²) in [4.78, 5) is 8.65. The molecule has 1 saturated heterocycles. The van der Waals surface area contributed by atoms with Gasteiger partial charge in [0.15, 0.2) is 0 Å². The van der Waals surface area contributed by atoms with Gasteiger partial charge in [0.25, 0.3) is 0 Å². The van der Waals surface area contributed by atoms with Crippen molar-refractivity contribution in [1.82, 2.24) is 29.5 Å². The molecule has 0 amide bonds. The zero-order valence-corrected chi connectivity index (χ0v) is 30.0. The molecular weight excluding hydrogens is 692 g/mol. The van der Waals surface area contributed by atoms with E-state index in [9.17, 15) is 8.78 Å². The Morgan fingerprint density at radius 3 is 1.69 bits per heavy atom. The lowest BCUT2D eigenvalue weighted by Crippen LogP contribution is -2.41. The maximum Gasteiger partial charge on any atom is 0.498 e. The topological polar surface area (TPSA) is 79.9 Å². The Hall–Kier alpha value is -3.61. The van der Waals surface area contributed by atoms with Gasteiger partial charge in [-0.25, -0.2) is 18.7 Å². The average Bonchev–Trinajstić information content (AvgIpc) is 3.71. The summed E-state index contributed by atoms with van der Waals surface area (Å²) in [6.45, 7) is 11.9. The van der Waals surface area contributed by atoms with Crippen molar-refractivity contribution in [3.8, 4) is 11.3 Å². The first-order chi connectivity index (χ1) is 22.5. The fraction of sp³-hybridized carbons (Fsp3) is 0.314. The summed E-state index contributed by atoms with van der Waals surface area (Å²) in [6.07, 6.45) is 7.35. The number of rotatable bonds is 2. The Bertz CT molecular complexity index is 2120. The molecule has 1 fully saturated rings. The molecule has 4 aromatic heterocycles. The molecule has 0 atom stereocenters. The smallest absolute Gasteiger partial charge is 0.399 e. The normalized spacial score (nSPS) is 14.6. The van der Waals surface area contributed by atoms with Crippen molar-refractivity contribution in [3.05, 3.63) is 99.1 Å². The second kappa shape index (κ2) is 14.7. The second-order valence-electron chi connectivity index (χ2n) is 12.5.